The number of nitrogens with zero attached hydrogens (tertiary/aromatic N) is 1. The quantitative estimate of drug-likeness (QED) is 0.369. The zero-order valence-corrected chi connectivity index (χ0v) is 14.6. The average molecular weight is 316 g/mol. The minimum absolute atomic E-state index is 0.521. The van der Waals surface area contributed by atoms with Crippen LogP contribution in [0.25, 0.3) is 0 Å². The molecule has 0 spiro atoms. The number of thioether (sulfide) groups is 1. The smallest absolute Gasteiger partial charge is 0.191 e. The van der Waals surface area contributed by atoms with E-state index in [1.165, 1.54) is 37.9 Å². The fourth-order valence-corrected chi connectivity index (χ4v) is 2.92. The molecule has 0 aromatic rings. The lowest BCUT2D eigenvalue weighted by Gasteiger charge is -2.22. The first-order valence-corrected chi connectivity index (χ1v) is 9.89. The van der Waals surface area contributed by atoms with Gasteiger partial charge in [0.2, 0.25) is 0 Å². The van der Waals surface area contributed by atoms with Gasteiger partial charge in [0.15, 0.2) is 5.96 Å². The van der Waals surface area contributed by atoms with E-state index in [0.29, 0.717) is 6.10 Å². The molecule has 0 aliphatic heterocycles. The van der Waals surface area contributed by atoms with Crippen LogP contribution in [-0.4, -0.2) is 50.3 Å². The summed E-state index contributed by atoms with van der Waals surface area (Å²) in [5, 5.41) is 6.68. The third-order valence-corrected chi connectivity index (χ3v) is 4.34. The lowest BCUT2D eigenvalue weighted by Crippen LogP contribution is -2.38. The van der Waals surface area contributed by atoms with E-state index < -0.39 is 0 Å². The molecular formula is C16H33N3OS. The van der Waals surface area contributed by atoms with Crippen LogP contribution >= 0.6 is 11.8 Å². The van der Waals surface area contributed by atoms with Gasteiger partial charge in [-0.2, -0.15) is 11.8 Å². The van der Waals surface area contributed by atoms with Crippen molar-refractivity contribution in [1.29, 1.82) is 0 Å². The number of aliphatic imine (C=N–C) groups is 1. The second kappa shape index (κ2) is 13.3. The van der Waals surface area contributed by atoms with Crippen LogP contribution in [0.2, 0.25) is 0 Å². The molecular weight excluding hydrogens is 282 g/mol. The first kappa shape index (κ1) is 18.6. The van der Waals surface area contributed by atoms with Crippen LogP contribution in [0.5, 0.6) is 0 Å². The molecule has 4 nitrogen and oxygen atoms in total. The van der Waals surface area contributed by atoms with Gasteiger partial charge in [-0.1, -0.05) is 19.3 Å². The maximum Gasteiger partial charge on any atom is 0.191 e. The van der Waals surface area contributed by atoms with Gasteiger partial charge in [-0.3, -0.25) is 4.99 Å². The van der Waals surface area contributed by atoms with E-state index in [2.05, 4.69) is 28.8 Å². The highest BCUT2D eigenvalue weighted by Crippen LogP contribution is 2.20. The summed E-state index contributed by atoms with van der Waals surface area (Å²) in [5.74, 6) is 2.12. The number of rotatable bonds is 10. The molecule has 0 heterocycles. The predicted octanol–water partition coefficient (Wildman–Crippen LogP) is 3.03. The Morgan fingerprint density at radius 1 is 1.19 bits per heavy atom. The zero-order chi connectivity index (χ0) is 15.2. The van der Waals surface area contributed by atoms with Crippen LogP contribution in [0, 0.1) is 0 Å². The minimum atomic E-state index is 0.521. The molecule has 1 aliphatic rings. The summed E-state index contributed by atoms with van der Waals surface area (Å²) in [6, 6.07) is 0. The van der Waals surface area contributed by atoms with Crippen molar-refractivity contribution >= 4 is 17.7 Å². The van der Waals surface area contributed by atoms with Crippen LogP contribution in [-0.2, 0) is 4.74 Å². The summed E-state index contributed by atoms with van der Waals surface area (Å²) in [6.07, 6.45) is 11.4. The summed E-state index contributed by atoms with van der Waals surface area (Å²) < 4.78 is 5.93. The normalized spacial score (nSPS) is 17.0. The van der Waals surface area contributed by atoms with Crippen molar-refractivity contribution in [3.63, 3.8) is 0 Å². The Balaban J connectivity index is 2.05. The molecule has 0 atom stereocenters. The predicted molar refractivity (Wildman–Crippen MR) is 94.4 cm³/mol. The minimum Gasteiger partial charge on any atom is -0.378 e. The van der Waals surface area contributed by atoms with Crippen molar-refractivity contribution in [1.82, 2.24) is 10.6 Å². The molecule has 0 amide bonds. The van der Waals surface area contributed by atoms with E-state index in [1.54, 1.807) is 0 Å². The molecule has 2 N–H and O–H groups in total. The van der Waals surface area contributed by atoms with Crippen molar-refractivity contribution in [2.45, 2.75) is 58.0 Å². The van der Waals surface area contributed by atoms with Gasteiger partial charge < -0.3 is 15.4 Å². The Morgan fingerprint density at radius 2 is 2.00 bits per heavy atom. The fourth-order valence-electron chi connectivity index (χ4n) is 2.50. The van der Waals surface area contributed by atoms with Gasteiger partial charge in [-0.25, -0.2) is 0 Å². The van der Waals surface area contributed by atoms with Crippen molar-refractivity contribution in [2.75, 3.05) is 38.2 Å². The van der Waals surface area contributed by atoms with E-state index >= 15 is 0 Å². The van der Waals surface area contributed by atoms with Crippen LogP contribution in [0.4, 0.5) is 0 Å². The van der Waals surface area contributed by atoms with Crippen molar-refractivity contribution in [2.24, 2.45) is 4.99 Å². The summed E-state index contributed by atoms with van der Waals surface area (Å²) >= 11 is 1.88. The van der Waals surface area contributed by atoms with Gasteiger partial charge in [-0.05, 0) is 44.6 Å². The average Bonchev–Trinajstić information content (AvgIpc) is 2.52. The number of ether oxygens (including phenoxy) is 1. The Labute approximate surface area is 134 Å². The molecule has 124 valence electrons. The summed E-state index contributed by atoms with van der Waals surface area (Å²) in [6.45, 7) is 5.71. The van der Waals surface area contributed by atoms with E-state index in [4.69, 9.17) is 4.74 Å². The Hall–Kier alpha value is -0.420. The molecule has 0 aromatic carbocycles. The van der Waals surface area contributed by atoms with E-state index in [9.17, 15) is 0 Å². The van der Waals surface area contributed by atoms with Crippen molar-refractivity contribution in [3.8, 4) is 0 Å². The molecule has 1 aliphatic carbocycles. The Bertz CT molecular complexity index is 268. The summed E-state index contributed by atoms with van der Waals surface area (Å²) in [4.78, 5) is 4.58. The maximum absolute atomic E-state index is 5.93. The molecule has 5 heteroatoms. The first-order valence-electron chi connectivity index (χ1n) is 8.49. The SMILES string of the molecule is CCNC(=NCCCSC)NCCCOC1CCCCC1. The largest absolute Gasteiger partial charge is 0.378 e. The van der Waals surface area contributed by atoms with Crippen molar-refractivity contribution < 1.29 is 4.74 Å². The number of hydrogen-bond acceptors (Lipinski definition) is 3. The van der Waals surface area contributed by atoms with Gasteiger partial charge >= 0.3 is 0 Å². The third-order valence-electron chi connectivity index (χ3n) is 3.64. The van der Waals surface area contributed by atoms with E-state index in [1.807, 2.05) is 11.8 Å². The van der Waals surface area contributed by atoms with Gasteiger partial charge in [0.25, 0.3) is 0 Å². The van der Waals surface area contributed by atoms with Gasteiger partial charge in [0, 0.05) is 26.2 Å². The zero-order valence-electron chi connectivity index (χ0n) is 13.8. The molecule has 0 saturated heterocycles. The summed E-state index contributed by atoms with van der Waals surface area (Å²) in [7, 11) is 0. The highest BCUT2D eigenvalue weighted by molar-refractivity contribution is 7.98. The topological polar surface area (TPSA) is 45.7 Å². The van der Waals surface area contributed by atoms with Crippen molar-refractivity contribution in [3.05, 3.63) is 0 Å². The highest BCUT2D eigenvalue weighted by Gasteiger charge is 2.12. The number of guanidine groups is 1. The second-order valence-corrected chi connectivity index (χ2v) is 6.50. The van der Waals surface area contributed by atoms with Crippen LogP contribution in [0.3, 0.4) is 0 Å². The molecule has 0 aromatic heterocycles. The van der Waals surface area contributed by atoms with Gasteiger partial charge in [0.1, 0.15) is 0 Å². The lowest BCUT2D eigenvalue weighted by molar-refractivity contribution is 0.0277. The maximum atomic E-state index is 5.93. The molecule has 0 bridgehead atoms. The third kappa shape index (κ3) is 10.0. The van der Waals surface area contributed by atoms with E-state index in [-0.39, 0.29) is 0 Å². The first-order chi connectivity index (χ1) is 10.4. The Kier molecular flexibility index (Phi) is 11.8. The standard InChI is InChI=1S/C16H33N3OS/c1-3-17-16(19-12-8-14-21-2)18-11-7-13-20-15-9-5-4-6-10-15/h15H,3-14H2,1-2H3,(H2,17,18,19). The monoisotopic (exact) mass is 315 g/mol. The molecule has 0 radical (unpaired) electrons. The molecule has 1 saturated carbocycles. The molecule has 1 rings (SSSR count). The van der Waals surface area contributed by atoms with Crippen LogP contribution in [0.15, 0.2) is 4.99 Å². The number of nitrogens with one attached hydrogen (secondary N) is 2. The summed E-state index contributed by atoms with van der Waals surface area (Å²) in [5.41, 5.74) is 0. The Morgan fingerprint density at radius 3 is 2.71 bits per heavy atom. The second-order valence-electron chi connectivity index (χ2n) is 5.52. The molecule has 1 fully saturated rings. The molecule has 21 heavy (non-hydrogen) atoms. The van der Waals surface area contributed by atoms with E-state index in [0.717, 1.165) is 45.0 Å². The van der Waals surface area contributed by atoms with Crippen LogP contribution < -0.4 is 10.6 Å². The highest BCUT2D eigenvalue weighted by atomic mass is 32.2. The van der Waals surface area contributed by atoms with Gasteiger partial charge in [-0.15, -0.1) is 0 Å². The van der Waals surface area contributed by atoms with Gasteiger partial charge in [0.05, 0.1) is 6.10 Å². The number of hydrogen-bond donors (Lipinski definition) is 2. The lowest BCUT2D eigenvalue weighted by atomic mass is 9.98. The van der Waals surface area contributed by atoms with Crippen LogP contribution in [0.1, 0.15) is 51.9 Å². The fraction of sp³-hybridized carbons (Fsp3) is 0.938. The molecule has 0 unspecified atom stereocenters.